The molecule has 0 fully saturated rings. The smallest absolute Gasteiger partial charge is 0.257 e. The highest BCUT2D eigenvalue weighted by molar-refractivity contribution is 5.77. The number of benzene rings is 1. The highest BCUT2D eigenvalue weighted by Gasteiger charge is 2.05. The Kier molecular flexibility index (Phi) is 4.44. The van der Waals surface area contributed by atoms with Gasteiger partial charge in [0.25, 0.3) is 5.91 Å². The van der Waals surface area contributed by atoms with Gasteiger partial charge >= 0.3 is 0 Å². The van der Waals surface area contributed by atoms with Crippen molar-refractivity contribution in [2.24, 2.45) is 0 Å². The lowest BCUT2D eigenvalue weighted by Crippen LogP contribution is -2.28. The van der Waals surface area contributed by atoms with Crippen molar-refractivity contribution in [2.45, 2.75) is 6.92 Å². The summed E-state index contributed by atoms with van der Waals surface area (Å²) < 4.78 is 10.3. The summed E-state index contributed by atoms with van der Waals surface area (Å²) in [5.74, 6) is 0.912. The number of nitrogens with one attached hydrogen (secondary N) is 1. The maximum atomic E-state index is 11.2. The van der Waals surface area contributed by atoms with Gasteiger partial charge in [-0.25, -0.2) is 0 Å². The van der Waals surface area contributed by atoms with E-state index in [2.05, 4.69) is 5.32 Å². The van der Waals surface area contributed by atoms with Crippen molar-refractivity contribution in [1.29, 1.82) is 0 Å². The Morgan fingerprint density at radius 3 is 2.88 bits per heavy atom. The van der Waals surface area contributed by atoms with Gasteiger partial charge in [0.05, 0.1) is 12.8 Å². The molecule has 16 heavy (non-hydrogen) atoms. The second-order valence-corrected chi connectivity index (χ2v) is 3.15. The highest BCUT2D eigenvalue weighted by atomic mass is 16.5. The molecule has 0 atom stereocenters. The zero-order valence-corrected chi connectivity index (χ0v) is 9.45. The molecule has 0 unspecified atom stereocenters. The van der Waals surface area contributed by atoms with Crippen molar-refractivity contribution in [3.8, 4) is 11.5 Å². The second-order valence-electron chi connectivity index (χ2n) is 3.15. The molecule has 0 spiro atoms. The van der Waals surface area contributed by atoms with Gasteiger partial charge < -0.3 is 20.5 Å². The maximum absolute atomic E-state index is 11.2. The van der Waals surface area contributed by atoms with E-state index in [1.54, 1.807) is 25.3 Å². The summed E-state index contributed by atoms with van der Waals surface area (Å²) in [4.78, 5) is 11.2. The quantitative estimate of drug-likeness (QED) is 0.725. The molecule has 0 saturated carbocycles. The van der Waals surface area contributed by atoms with Crippen LogP contribution in [0.2, 0.25) is 0 Å². The second kappa shape index (κ2) is 5.85. The average Bonchev–Trinajstić information content (AvgIpc) is 2.28. The number of rotatable bonds is 5. The lowest BCUT2D eigenvalue weighted by atomic mass is 10.3. The molecule has 0 aliphatic rings. The minimum absolute atomic E-state index is 0.0504. The maximum Gasteiger partial charge on any atom is 0.257 e. The summed E-state index contributed by atoms with van der Waals surface area (Å²) in [5, 5.41) is 2.63. The summed E-state index contributed by atoms with van der Waals surface area (Å²) in [6.45, 7) is 2.37. The minimum atomic E-state index is -0.176. The number of hydrogen-bond acceptors (Lipinski definition) is 4. The molecule has 5 nitrogen and oxygen atoms in total. The Hall–Kier alpha value is -1.91. The van der Waals surface area contributed by atoms with Gasteiger partial charge in [0.1, 0.15) is 11.5 Å². The third-order valence-electron chi connectivity index (χ3n) is 1.95. The van der Waals surface area contributed by atoms with Gasteiger partial charge in [0, 0.05) is 12.6 Å². The first-order valence-electron chi connectivity index (χ1n) is 5.00. The Balaban J connectivity index is 2.62. The third kappa shape index (κ3) is 3.34. The highest BCUT2D eigenvalue weighted by Crippen LogP contribution is 2.26. The van der Waals surface area contributed by atoms with Crippen LogP contribution in [0.3, 0.4) is 0 Å². The van der Waals surface area contributed by atoms with Crippen molar-refractivity contribution in [3.63, 3.8) is 0 Å². The number of ether oxygens (including phenoxy) is 2. The van der Waals surface area contributed by atoms with Crippen LogP contribution in [0.1, 0.15) is 6.92 Å². The average molecular weight is 224 g/mol. The largest absolute Gasteiger partial charge is 0.497 e. The molecule has 88 valence electrons. The van der Waals surface area contributed by atoms with Crippen LogP contribution in [0, 0.1) is 0 Å². The van der Waals surface area contributed by atoms with Gasteiger partial charge in [-0.15, -0.1) is 0 Å². The lowest BCUT2D eigenvalue weighted by molar-refractivity contribution is -0.122. The molecule has 0 aliphatic heterocycles. The SMILES string of the molecule is CCNC(=O)COc1cc(OC)ccc1N. The standard InChI is InChI=1S/C11H16N2O3/c1-3-13-11(14)7-16-10-6-8(15-2)4-5-9(10)12/h4-6H,3,7,12H2,1-2H3,(H,13,14). The fraction of sp³-hybridized carbons (Fsp3) is 0.364. The van der Waals surface area contributed by atoms with Crippen molar-refractivity contribution < 1.29 is 14.3 Å². The molecular weight excluding hydrogens is 208 g/mol. The summed E-state index contributed by atoms with van der Waals surface area (Å²) in [5.41, 5.74) is 6.17. The van der Waals surface area contributed by atoms with Crippen molar-refractivity contribution in [2.75, 3.05) is 26.0 Å². The summed E-state index contributed by atoms with van der Waals surface area (Å²) in [7, 11) is 1.55. The van der Waals surface area contributed by atoms with Gasteiger partial charge in [0.15, 0.2) is 6.61 Å². The number of nitrogen functional groups attached to an aromatic ring is 1. The van der Waals surface area contributed by atoms with Crippen molar-refractivity contribution >= 4 is 11.6 Å². The topological polar surface area (TPSA) is 73.6 Å². The molecule has 1 amide bonds. The van der Waals surface area contributed by atoms with Crippen molar-refractivity contribution in [3.05, 3.63) is 18.2 Å². The van der Waals surface area contributed by atoms with Crippen LogP contribution in [-0.4, -0.2) is 26.2 Å². The van der Waals surface area contributed by atoms with Crippen LogP contribution < -0.4 is 20.5 Å². The Morgan fingerprint density at radius 2 is 2.25 bits per heavy atom. The molecule has 0 bridgehead atoms. The fourth-order valence-electron chi connectivity index (χ4n) is 1.16. The number of anilines is 1. The number of methoxy groups -OCH3 is 1. The molecular formula is C11H16N2O3. The number of hydrogen-bond donors (Lipinski definition) is 2. The van der Waals surface area contributed by atoms with E-state index in [-0.39, 0.29) is 12.5 Å². The molecule has 0 saturated heterocycles. The van der Waals surface area contributed by atoms with Crippen LogP contribution in [0.4, 0.5) is 5.69 Å². The van der Waals surface area contributed by atoms with Crippen LogP contribution in [0.15, 0.2) is 18.2 Å². The number of likely N-dealkylation sites (N-methyl/N-ethyl adjacent to an activating group) is 1. The van der Waals surface area contributed by atoms with Gasteiger partial charge in [-0.1, -0.05) is 0 Å². The Labute approximate surface area is 94.5 Å². The molecule has 1 aromatic rings. The molecule has 0 heterocycles. The van der Waals surface area contributed by atoms with E-state index >= 15 is 0 Å². The molecule has 1 aromatic carbocycles. The molecule has 1 rings (SSSR count). The van der Waals surface area contributed by atoms with E-state index in [0.29, 0.717) is 23.7 Å². The number of nitrogens with two attached hydrogens (primary N) is 1. The first-order chi connectivity index (χ1) is 7.67. The van der Waals surface area contributed by atoms with E-state index in [1.807, 2.05) is 6.92 Å². The van der Waals surface area contributed by atoms with Crippen LogP contribution in [-0.2, 0) is 4.79 Å². The van der Waals surface area contributed by atoms with Gasteiger partial charge in [-0.3, -0.25) is 4.79 Å². The molecule has 3 N–H and O–H groups in total. The predicted molar refractivity (Wildman–Crippen MR) is 61.6 cm³/mol. The Morgan fingerprint density at radius 1 is 1.50 bits per heavy atom. The zero-order chi connectivity index (χ0) is 12.0. The first kappa shape index (κ1) is 12.2. The van der Waals surface area contributed by atoms with E-state index in [4.69, 9.17) is 15.2 Å². The lowest BCUT2D eigenvalue weighted by Gasteiger charge is -2.09. The monoisotopic (exact) mass is 224 g/mol. The van der Waals surface area contributed by atoms with Gasteiger partial charge in [-0.05, 0) is 19.1 Å². The normalized spacial score (nSPS) is 9.62. The zero-order valence-electron chi connectivity index (χ0n) is 9.45. The molecule has 0 aliphatic carbocycles. The summed E-state index contributed by atoms with van der Waals surface area (Å²) in [6, 6.07) is 5.05. The molecule has 5 heteroatoms. The number of carbonyl (C=O) groups is 1. The fourth-order valence-corrected chi connectivity index (χ4v) is 1.16. The summed E-state index contributed by atoms with van der Waals surface area (Å²) >= 11 is 0. The number of amides is 1. The van der Waals surface area contributed by atoms with E-state index in [9.17, 15) is 4.79 Å². The molecule has 0 aromatic heterocycles. The van der Waals surface area contributed by atoms with Gasteiger partial charge in [-0.2, -0.15) is 0 Å². The third-order valence-corrected chi connectivity index (χ3v) is 1.95. The minimum Gasteiger partial charge on any atom is -0.497 e. The van der Waals surface area contributed by atoms with E-state index < -0.39 is 0 Å². The van der Waals surface area contributed by atoms with Gasteiger partial charge in [0.2, 0.25) is 0 Å². The predicted octanol–water partition coefficient (Wildman–Crippen LogP) is 0.792. The number of carbonyl (C=O) groups excluding carboxylic acids is 1. The van der Waals surface area contributed by atoms with E-state index in [1.165, 1.54) is 0 Å². The van der Waals surface area contributed by atoms with Crippen LogP contribution in [0.5, 0.6) is 11.5 Å². The summed E-state index contributed by atoms with van der Waals surface area (Å²) in [6.07, 6.45) is 0. The van der Waals surface area contributed by atoms with Crippen molar-refractivity contribution in [1.82, 2.24) is 5.32 Å². The first-order valence-corrected chi connectivity index (χ1v) is 5.00. The molecule has 0 radical (unpaired) electrons. The van der Waals surface area contributed by atoms with Crippen LogP contribution in [0.25, 0.3) is 0 Å². The van der Waals surface area contributed by atoms with E-state index in [0.717, 1.165) is 0 Å². The van der Waals surface area contributed by atoms with Crippen LogP contribution >= 0.6 is 0 Å². The Bertz CT molecular complexity index is 366.